The highest BCUT2D eigenvalue weighted by molar-refractivity contribution is 6.05. The van der Waals surface area contributed by atoms with Gasteiger partial charge in [-0.1, -0.05) is 32.9 Å². The van der Waals surface area contributed by atoms with Gasteiger partial charge in [-0.15, -0.1) is 0 Å². The molecule has 1 atom stereocenters. The number of benzene rings is 1. The predicted octanol–water partition coefficient (Wildman–Crippen LogP) is 4.64. The van der Waals surface area contributed by atoms with E-state index in [4.69, 9.17) is 0 Å². The fourth-order valence-corrected chi connectivity index (χ4v) is 3.80. The van der Waals surface area contributed by atoms with Gasteiger partial charge in [-0.25, -0.2) is 8.78 Å². The maximum Gasteiger partial charge on any atom is 0.282 e. The molecule has 0 saturated carbocycles. The van der Waals surface area contributed by atoms with Crippen molar-refractivity contribution in [1.29, 1.82) is 0 Å². The number of halogens is 2. The van der Waals surface area contributed by atoms with Crippen LogP contribution < -0.4 is 5.32 Å². The highest BCUT2D eigenvalue weighted by Gasteiger charge is 2.36. The summed E-state index contributed by atoms with van der Waals surface area (Å²) < 4.78 is 27.4. The zero-order chi connectivity index (χ0) is 17.6. The molecule has 2 aromatic rings. The molecule has 1 heterocycles. The first-order chi connectivity index (χ1) is 11.2. The number of hydrogen-bond donors (Lipinski definition) is 1. The number of alkyl halides is 2. The summed E-state index contributed by atoms with van der Waals surface area (Å²) in [6, 6.07) is 5.79. The van der Waals surface area contributed by atoms with Crippen LogP contribution in [-0.2, 0) is 12.5 Å². The number of aryl methyl sites for hydroxylation is 1. The number of amides is 1. The van der Waals surface area contributed by atoms with Crippen LogP contribution >= 0.6 is 0 Å². The Balaban J connectivity index is 0.00000225. The molecule has 3 rings (SSSR count). The molecule has 0 bridgehead atoms. The number of nitrogens with zero attached hydrogens (tertiary/aromatic N) is 2. The van der Waals surface area contributed by atoms with Gasteiger partial charge in [0, 0.05) is 20.4 Å². The number of rotatable bonds is 3. The van der Waals surface area contributed by atoms with Crippen LogP contribution in [0.3, 0.4) is 0 Å². The van der Waals surface area contributed by atoms with Crippen LogP contribution in [0.5, 0.6) is 0 Å². The van der Waals surface area contributed by atoms with Crippen LogP contribution in [0, 0.1) is 0 Å². The molecule has 1 aromatic carbocycles. The van der Waals surface area contributed by atoms with Crippen molar-refractivity contribution in [2.75, 3.05) is 5.32 Å². The van der Waals surface area contributed by atoms with Crippen LogP contribution in [-0.4, -0.2) is 15.7 Å². The zero-order valence-corrected chi connectivity index (χ0v) is 14.2. The van der Waals surface area contributed by atoms with Gasteiger partial charge in [0.1, 0.15) is 5.69 Å². The van der Waals surface area contributed by atoms with E-state index in [-0.39, 0.29) is 12.4 Å². The van der Waals surface area contributed by atoms with Crippen molar-refractivity contribution in [2.45, 2.75) is 45.0 Å². The Morgan fingerprint density at radius 2 is 2.17 bits per heavy atom. The fourth-order valence-electron chi connectivity index (χ4n) is 3.80. The average Bonchev–Trinajstić information content (AvgIpc) is 2.98. The lowest BCUT2D eigenvalue weighted by atomic mass is 9.86. The van der Waals surface area contributed by atoms with Gasteiger partial charge in [0.25, 0.3) is 12.3 Å². The van der Waals surface area contributed by atoms with Gasteiger partial charge in [-0.2, -0.15) is 5.10 Å². The minimum Gasteiger partial charge on any atom is -0.322 e. The lowest BCUT2D eigenvalue weighted by Crippen LogP contribution is -2.16. The van der Waals surface area contributed by atoms with Gasteiger partial charge < -0.3 is 5.32 Å². The number of anilines is 1. The van der Waals surface area contributed by atoms with Crippen LogP contribution in [0.1, 0.15) is 68.1 Å². The van der Waals surface area contributed by atoms with E-state index in [1.807, 2.05) is 12.1 Å². The van der Waals surface area contributed by atoms with Gasteiger partial charge in [-0.3, -0.25) is 9.48 Å². The maximum atomic E-state index is 13.1. The van der Waals surface area contributed by atoms with E-state index >= 15 is 0 Å². The predicted molar refractivity (Wildman–Crippen MR) is 90.7 cm³/mol. The third kappa shape index (κ3) is 2.70. The van der Waals surface area contributed by atoms with Crippen molar-refractivity contribution in [3.63, 3.8) is 0 Å². The molecule has 0 unspecified atom stereocenters. The summed E-state index contributed by atoms with van der Waals surface area (Å²) in [6.07, 6.45) is -0.469. The van der Waals surface area contributed by atoms with E-state index < -0.39 is 18.0 Å². The van der Waals surface area contributed by atoms with E-state index in [1.54, 1.807) is 0 Å². The molecular weight excluding hydrogens is 312 g/mol. The van der Waals surface area contributed by atoms with E-state index in [0.717, 1.165) is 12.0 Å². The van der Waals surface area contributed by atoms with Crippen molar-refractivity contribution >= 4 is 11.6 Å². The summed E-state index contributed by atoms with van der Waals surface area (Å²) in [5, 5.41) is 6.50. The first kappa shape index (κ1) is 16.6. The Bertz CT molecular complexity index is 802. The van der Waals surface area contributed by atoms with Gasteiger partial charge in [0.2, 0.25) is 0 Å². The standard InChI is InChI=1S/C18H21F2N3O.H2/c1-10-8-18(2,3)12-6-5-7-13(14(10)12)21-17(24)11-9-23(4)22-15(11)16(19)20;/h5-7,9-10,16H,8H2,1-4H3,(H,21,24);1H/t10-;/m1./s1. The highest BCUT2D eigenvalue weighted by atomic mass is 19.3. The molecule has 1 amide bonds. The van der Waals surface area contributed by atoms with Crippen LogP contribution in [0.4, 0.5) is 14.5 Å². The molecule has 0 saturated heterocycles. The van der Waals surface area contributed by atoms with Crippen molar-refractivity contribution in [3.05, 3.63) is 46.8 Å². The normalized spacial score (nSPS) is 18.7. The molecule has 4 nitrogen and oxygen atoms in total. The molecule has 0 spiro atoms. The third-order valence-electron chi connectivity index (χ3n) is 4.70. The summed E-state index contributed by atoms with van der Waals surface area (Å²) in [5.74, 6) is -0.251. The number of fused-ring (bicyclic) bond motifs is 1. The van der Waals surface area contributed by atoms with Crippen LogP contribution in [0.2, 0.25) is 0 Å². The summed E-state index contributed by atoms with van der Waals surface area (Å²) in [6.45, 7) is 6.48. The molecule has 1 aliphatic carbocycles. The second kappa shape index (κ2) is 5.69. The molecule has 1 aliphatic rings. The van der Waals surface area contributed by atoms with Gasteiger partial charge in [0.15, 0.2) is 0 Å². The summed E-state index contributed by atoms with van der Waals surface area (Å²) in [5.41, 5.74) is 2.45. The van der Waals surface area contributed by atoms with Crippen molar-refractivity contribution in [1.82, 2.24) is 9.78 Å². The SMILES string of the molecule is C[C@@H]1CC(C)(C)c2cccc(NC(=O)c3cn(C)nc3C(F)F)c21.[HH]. The second-order valence-electron chi connectivity index (χ2n) is 7.11. The minimum absolute atomic E-state index is 0. The number of nitrogens with one attached hydrogen (secondary N) is 1. The van der Waals surface area contributed by atoms with E-state index in [2.05, 4.69) is 37.3 Å². The summed E-state index contributed by atoms with van der Waals surface area (Å²) in [4.78, 5) is 12.5. The fraction of sp³-hybridized carbons (Fsp3) is 0.444. The van der Waals surface area contributed by atoms with Gasteiger partial charge in [-0.05, 0) is 34.9 Å². The number of hydrogen-bond acceptors (Lipinski definition) is 2. The highest BCUT2D eigenvalue weighted by Crippen LogP contribution is 2.48. The number of carbonyl (C=O) groups is 1. The Kier molecular flexibility index (Phi) is 3.94. The Labute approximate surface area is 141 Å². The molecule has 1 aromatic heterocycles. The molecule has 130 valence electrons. The Morgan fingerprint density at radius 1 is 1.46 bits per heavy atom. The first-order valence-corrected chi connectivity index (χ1v) is 7.97. The van der Waals surface area contributed by atoms with Gasteiger partial charge in [0.05, 0.1) is 5.56 Å². The molecule has 1 N–H and O–H groups in total. The van der Waals surface area contributed by atoms with Crippen LogP contribution in [0.25, 0.3) is 0 Å². The van der Waals surface area contributed by atoms with E-state index in [1.165, 1.54) is 23.5 Å². The number of aromatic nitrogens is 2. The molecule has 0 radical (unpaired) electrons. The van der Waals surface area contributed by atoms with Crippen molar-refractivity contribution in [2.24, 2.45) is 7.05 Å². The van der Waals surface area contributed by atoms with Gasteiger partial charge >= 0.3 is 0 Å². The molecular formula is C18H23F2N3O. The smallest absolute Gasteiger partial charge is 0.282 e. The molecule has 0 aliphatic heterocycles. The maximum absolute atomic E-state index is 13.1. The average molecular weight is 335 g/mol. The summed E-state index contributed by atoms with van der Waals surface area (Å²) >= 11 is 0. The van der Waals surface area contributed by atoms with E-state index in [9.17, 15) is 13.6 Å². The largest absolute Gasteiger partial charge is 0.322 e. The van der Waals surface area contributed by atoms with Crippen molar-refractivity contribution in [3.8, 4) is 0 Å². The number of carbonyl (C=O) groups excluding carboxylic acids is 1. The molecule has 0 fully saturated rings. The monoisotopic (exact) mass is 335 g/mol. The first-order valence-electron chi connectivity index (χ1n) is 7.97. The molecule has 6 heteroatoms. The topological polar surface area (TPSA) is 46.9 Å². The quantitative estimate of drug-likeness (QED) is 0.888. The lowest BCUT2D eigenvalue weighted by Gasteiger charge is -2.19. The van der Waals surface area contributed by atoms with Crippen molar-refractivity contribution < 1.29 is 15.0 Å². The van der Waals surface area contributed by atoms with Crippen LogP contribution in [0.15, 0.2) is 24.4 Å². The minimum atomic E-state index is -2.79. The zero-order valence-electron chi connectivity index (χ0n) is 14.2. The second-order valence-corrected chi connectivity index (χ2v) is 7.11. The lowest BCUT2D eigenvalue weighted by molar-refractivity contribution is 0.101. The Morgan fingerprint density at radius 3 is 2.83 bits per heavy atom. The third-order valence-corrected chi connectivity index (χ3v) is 4.70. The molecule has 24 heavy (non-hydrogen) atoms. The van der Waals surface area contributed by atoms with E-state index in [0.29, 0.717) is 11.6 Å². The summed E-state index contributed by atoms with van der Waals surface area (Å²) in [7, 11) is 1.52. The Hall–Kier alpha value is -2.24.